The lowest BCUT2D eigenvalue weighted by atomic mass is 10.0. The predicted molar refractivity (Wildman–Crippen MR) is 251 cm³/mol. The number of aliphatic hydroxyl groups is 1. The van der Waals surface area contributed by atoms with E-state index < -0.39 is 134 Å². The van der Waals surface area contributed by atoms with Crippen molar-refractivity contribution in [2.45, 2.75) is 100 Å². The molecule has 2 aromatic rings. The van der Waals surface area contributed by atoms with Crippen LogP contribution >= 0.6 is 11.8 Å². The van der Waals surface area contributed by atoms with Crippen LogP contribution < -0.4 is 48.3 Å². The van der Waals surface area contributed by atoms with Gasteiger partial charge in [0, 0.05) is 57.4 Å². The molecule has 390 valence electrons. The molecule has 0 heterocycles. The molecule has 0 saturated carbocycles. The maximum atomic E-state index is 14.0. The van der Waals surface area contributed by atoms with Gasteiger partial charge in [0.15, 0.2) is 0 Å². The predicted octanol–water partition coefficient (Wildman–Crippen LogP) is -2.64. The first-order chi connectivity index (χ1) is 33.7. The number of urea groups is 1. The van der Waals surface area contributed by atoms with Crippen molar-refractivity contribution in [3.63, 3.8) is 0 Å². The maximum Gasteiger partial charge on any atom is 0.327 e. The van der Waals surface area contributed by atoms with E-state index in [4.69, 9.17) is 20.7 Å². The van der Waals surface area contributed by atoms with Gasteiger partial charge in [-0.3, -0.25) is 38.4 Å². The third-order valence-electron chi connectivity index (χ3n) is 10.00. The molecule has 2 rings (SSSR count). The minimum atomic E-state index is -1.73. The zero-order chi connectivity index (χ0) is 52.9. The highest BCUT2D eigenvalue weighted by molar-refractivity contribution is 7.98. The van der Waals surface area contributed by atoms with Gasteiger partial charge in [0.2, 0.25) is 35.4 Å². The lowest BCUT2D eigenvalue weighted by Crippen LogP contribution is -2.58. The summed E-state index contributed by atoms with van der Waals surface area (Å²) in [5.41, 5.74) is 7.27. The number of nitrogens with one attached hydrogen (secondary N) is 8. The Bertz CT molecular complexity index is 2120. The Morgan fingerprint density at radius 3 is 1.66 bits per heavy atom. The number of benzene rings is 2. The molecule has 0 radical (unpaired) electrons. The first kappa shape index (κ1) is 59.8. The normalized spacial score (nSPS) is 13.7. The summed E-state index contributed by atoms with van der Waals surface area (Å²) in [6.07, 6.45) is -2.18. The third kappa shape index (κ3) is 24.7. The highest BCUT2D eigenvalue weighted by Gasteiger charge is 2.32. The summed E-state index contributed by atoms with van der Waals surface area (Å²) in [6, 6.07) is 7.28. The van der Waals surface area contributed by atoms with E-state index in [2.05, 4.69) is 42.5 Å². The molecule has 26 nitrogen and oxygen atoms in total. The molecule has 27 heteroatoms. The van der Waals surface area contributed by atoms with Crippen LogP contribution in [0.2, 0.25) is 0 Å². The van der Waals surface area contributed by atoms with Crippen LogP contribution in [0, 0.1) is 0 Å². The lowest BCUT2D eigenvalue weighted by molar-refractivity contribution is -0.143. The van der Waals surface area contributed by atoms with Crippen LogP contribution in [0.3, 0.4) is 0 Å². The summed E-state index contributed by atoms with van der Waals surface area (Å²) < 4.78 is 4.84. The van der Waals surface area contributed by atoms with Gasteiger partial charge < -0.3 is 78.5 Å². The summed E-state index contributed by atoms with van der Waals surface area (Å²) in [4.78, 5) is 137. The van der Waals surface area contributed by atoms with Crippen molar-refractivity contribution in [2.24, 2.45) is 5.73 Å². The molecule has 7 atom stereocenters. The van der Waals surface area contributed by atoms with Gasteiger partial charge in [-0.1, -0.05) is 60.7 Å². The van der Waals surface area contributed by atoms with Crippen LogP contribution in [0.5, 0.6) is 0 Å². The SMILES string of the molecule is CSC[C@H](NC(=O)[C@H](CC(=O)O)NC(=O)[C@@H](N)CNC(=O)[C@H](Cc1ccccc1)NC(=O)[C@H](Cc1ccccc1)NC(=O)CCCNC(=O)CC[C@H](NC(=O)N[C@@H](CCC(=O)O)OCO)C(=O)O)C(=O)O. The van der Waals surface area contributed by atoms with Crippen molar-refractivity contribution < 1.29 is 83.0 Å². The number of thioether (sulfide) groups is 1. The molecule has 0 aromatic heterocycles. The monoisotopic (exact) mass is 1020 g/mol. The molecule has 71 heavy (non-hydrogen) atoms. The fraction of sp³-hybridized carbons (Fsp3) is 0.477. The Morgan fingerprint density at radius 1 is 0.577 bits per heavy atom. The molecule has 0 saturated heterocycles. The van der Waals surface area contributed by atoms with Gasteiger partial charge >= 0.3 is 29.9 Å². The number of carboxylic acids is 4. The molecule has 0 unspecified atom stereocenters. The van der Waals surface area contributed by atoms with Crippen molar-refractivity contribution in [1.82, 2.24) is 42.5 Å². The van der Waals surface area contributed by atoms with Crippen molar-refractivity contribution >= 4 is 77.1 Å². The van der Waals surface area contributed by atoms with E-state index in [1.807, 2.05) is 0 Å². The van der Waals surface area contributed by atoms with Crippen LogP contribution in [-0.4, -0.2) is 165 Å². The number of rotatable bonds is 34. The van der Waals surface area contributed by atoms with E-state index in [0.29, 0.717) is 11.1 Å². The highest BCUT2D eigenvalue weighted by Crippen LogP contribution is 2.09. The molecule has 15 N–H and O–H groups in total. The maximum absolute atomic E-state index is 14.0. The molecule has 8 amide bonds. The van der Waals surface area contributed by atoms with Gasteiger partial charge in [-0.2, -0.15) is 11.8 Å². The second-order valence-electron chi connectivity index (χ2n) is 15.6. The van der Waals surface area contributed by atoms with Gasteiger partial charge in [-0.25, -0.2) is 14.4 Å². The fourth-order valence-corrected chi connectivity index (χ4v) is 6.90. The van der Waals surface area contributed by atoms with Crippen molar-refractivity contribution in [3.8, 4) is 0 Å². The molecule has 0 aliphatic carbocycles. The molecule has 0 aliphatic heterocycles. The quantitative estimate of drug-likeness (QED) is 0.0252. The fourth-order valence-electron chi connectivity index (χ4n) is 6.35. The number of nitrogens with two attached hydrogens (primary N) is 1. The molecular formula is C44H61N9O17S. The molecule has 2 aromatic carbocycles. The van der Waals surface area contributed by atoms with Gasteiger partial charge in [-0.05, 0) is 30.2 Å². The topological polar surface area (TPSA) is 420 Å². The highest BCUT2D eigenvalue weighted by atomic mass is 32.2. The summed E-state index contributed by atoms with van der Waals surface area (Å²) >= 11 is 1.10. The number of hydrogen-bond donors (Lipinski definition) is 14. The van der Waals surface area contributed by atoms with Crippen molar-refractivity contribution in [3.05, 3.63) is 71.8 Å². The first-order valence-electron chi connectivity index (χ1n) is 22.0. The third-order valence-corrected chi connectivity index (χ3v) is 10.7. The molecular weight excluding hydrogens is 959 g/mol. The molecule has 0 spiro atoms. The number of carbonyl (C=O) groups excluding carboxylic acids is 7. The lowest BCUT2D eigenvalue weighted by Gasteiger charge is -2.24. The Labute approximate surface area is 411 Å². The van der Waals surface area contributed by atoms with E-state index in [1.54, 1.807) is 66.9 Å². The number of carbonyl (C=O) groups is 11. The minimum absolute atomic E-state index is 0.0241. The van der Waals surface area contributed by atoms with Crippen molar-refractivity contribution in [2.75, 3.05) is 31.9 Å². The van der Waals surface area contributed by atoms with Gasteiger partial charge in [-0.15, -0.1) is 0 Å². The minimum Gasteiger partial charge on any atom is -0.481 e. The Morgan fingerprint density at radius 2 is 1.13 bits per heavy atom. The average Bonchev–Trinajstić information content (AvgIpc) is 3.32. The van der Waals surface area contributed by atoms with E-state index in [-0.39, 0.29) is 57.2 Å². The van der Waals surface area contributed by atoms with Crippen LogP contribution in [0.4, 0.5) is 4.79 Å². The van der Waals surface area contributed by atoms with Gasteiger partial charge in [0.25, 0.3) is 0 Å². The largest absolute Gasteiger partial charge is 0.481 e. The van der Waals surface area contributed by atoms with Crippen molar-refractivity contribution in [1.29, 1.82) is 0 Å². The van der Waals surface area contributed by atoms with Crippen LogP contribution in [0.25, 0.3) is 0 Å². The van der Waals surface area contributed by atoms with Gasteiger partial charge in [0.05, 0.1) is 6.42 Å². The Hall–Kier alpha value is -7.36. The van der Waals surface area contributed by atoms with Crippen LogP contribution in [0.15, 0.2) is 60.7 Å². The summed E-state index contributed by atoms with van der Waals surface area (Å²) in [5.74, 6) is -10.6. The average molecular weight is 1020 g/mol. The number of ether oxygens (including phenoxy) is 1. The number of hydrogen-bond acceptors (Lipinski definition) is 15. The summed E-state index contributed by atoms with van der Waals surface area (Å²) in [7, 11) is 0. The van der Waals surface area contributed by atoms with Crippen LogP contribution in [0.1, 0.15) is 56.1 Å². The smallest absolute Gasteiger partial charge is 0.327 e. The number of amides is 8. The Kier molecular flexibility index (Phi) is 27.3. The molecule has 0 aliphatic rings. The summed E-state index contributed by atoms with van der Waals surface area (Å²) in [5, 5.41) is 65.2. The van der Waals surface area contributed by atoms with Gasteiger partial charge in [0.1, 0.15) is 49.3 Å². The van der Waals surface area contributed by atoms with E-state index in [0.717, 1.165) is 11.8 Å². The number of carboxylic acid groups (broad SMARTS) is 4. The second-order valence-corrected chi connectivity index (χ2v) is 16.6. The van der Waals surface area contributed by atoms with E-state index >= 15 is 0 Å². The second kappa shape index (κ2) is 32.5. The zero-order valence-electron chi connectivity index (χ0n) is 38.6. The van der Waals surface area contributed by atoms with Crippen LogP contribution in [-0.2, 0) is 65.5 Å². The summed E-state index contributed by atoms with van der Waals surface area (Å²) in [6.45, 7) is -1.47. The standard InChI is InChI=1S/C44H61N9O17S/c1-71-23-32(43(67)68)51-41(64)31(21-37(59)60)49-38(61)27(45)22-47-39(62)29(19-25-9-4-2-5-10-25)50-40(63)30(20-26-11-6-3-7-12-26)48-34(56)13-8-18-46-33(55)15-14-28(42(65)66)52-44(69)53-35(70-24-54)16-17-36(57)58/h2-7,9-12,27-32,35,54H,8,13-24,45H2,1H3,(H,46,55)(H,47,62)(H,48,56)(H,49,61)(H,50,63)(H,51,64)(H,57,58)(H,59,60)(H,65,66)(H,67,68)(H2,52,53,69)/t27-,28-,29-,30-,31-,32-,35+/m0/s1. The Balaban J connectivity index is 2.08. The zero-order valence-corrected chi connectivity index (χ0v) is 39.4. The molecule has 0 bridgehead atoms. The van der Waals surface area contributed by atoms with E-state index in [9.17, 15) is 68.1 Å². The molecule has 0 fully saturated rings. The first-order valence-corrected chi connectivity index (χ1v) is 23.4. The van der Waals surface area contributed by atoms with E-state index in [1.165, 1.54) is 0 Å². The number of aliphatic hydroxyl groups excluding tert-OH is 1. The number of aliphatic carboxylic acids is 4.